The molecule has 6 nitrogen and oxygen atoms in total. The fourth-order valence-electron chi connectivity index (χ4n) is 5.68. The molecule has 3 aliphatic heterocycles. The molecule has 0 bridgehead atoms. The Labute approximate surface area is 214 Å². The van der Waals surface area contributed by atoms with Crippen molar-refractivity contribution < 1.29 is 19.2 Å². The maximum absolute atomic E-state index is 13.8. The second kappa shape index (κ2) is 8.82. The summed E-state index contributed by atoms with van der Waals surface area (Å²) in [6.07, 6.45) is 5.11. The van der Waals surface area contributed by atoms with E-state index in [1.807, 2.05) is 31.2 Å². The minimum atomic E-state index is -0.862. The molecule has 0 aromatic heterocycles. The minimum Gasteiger partial charge on any atom is -0.359 e. The van der Waals surface area contributed by atoms with Gasteiger partial charge in [-0.2, -0.15) is 0 Å². The lowest BCUT2D eigenvalue weighted by atomic mass is 9.85. The van der Waals surface area contributed by atoms with Gasteiger partial charge in [-0.25, -0.2) is 4.90 Å². The van der Waals surface area contributed by atoms with E-state index in [1.54, 1.807) is 83.9 Å². The summed E-state index contributed by atoms with van der Waals surface area (Å²) in [6, 6.07) is 23.5. The van der Waals surface area contributed by atoms with Crippen LogP contribution in [0.2, 0.25) is 0 Å². The van der Waals surface area contributed by atoms with Crippen LogP contribution in [0.25, 0.3) is 0 Å². The van der Waals surface area contributed by atoms with Gasteiger partial charge in [0.1, 0.15) is 6.04 Å². The number of anilines is 1. The number of allylic oxidation sites excluding steroid dienone is 2. The van der Waals surface area contributed by atoms with Crippen LogP contribution in [-0.2, 0) is 9.59 Å². The molecule has 3 aromatic carbocycles. The molecule has 2 fully saturated rings. The first-order valence-electron chi connectivity index (χ1n) is 12.3. The summed E-state index contributed by atoms with van der Waals surface area (Å²) in [4.78, 5) is 57.6. The average molecular weight is 489 g/mol. The van der Waals surface area contributed by atoms with Crippen LogP contribution in [0.3, 0.4) is 0 Å². The van der Waals surface area contributed by atoms with Gasteiger partial charge < -0.3 is 4.90 Å². The molecule has 3 aliphatic rings. The van der Waals surface area contributed by atoms with Crippen molar-refractivity contribution in [1.29, 1.82) is 0 Å². The van der Waals surface area contributed by atoms with Gasteiger partial charge in [-0.1, -0.05) is 84.4 Å². The van der Waals surface area contributed by atoms with Crippen LogP contribution >= 0.6 is 0 Å². The Balaban J connectivity index is 1.43. The maximum atomic E-state index is 13.8. The van der Waals surface area contributed by atoms with Crippen LogP contribution in [0.1, 0.15) is 26.3 Å². The lowest BCUT2D eigenvalue weighted by molar-refractivity contribution is -0.123. The Morgan fingerprint density at radius 1 is 0.730 bits per heavy atom. The number of carbonyl (C=O) groups excluding carboxylic acids is 4. The summed E-state index contributed by atoms with van der Waals surface area (Å²) in [5.41, 5.74) is 2.95. The smallest absolute Gasteiger partial charge is 0.240 e. The van der Waals surface area contributed by atoms with E-state index in [4.69, 9.17) is 0 Å². The number of Topliss-reactive ketones (excluding diaryl/α,β-unsaturated/α-hetero) is 2. The van der Waals surface area contributed by atoms with Crippen LogP contribution in [0.5, 0.6) is 0 Å². The maximum Gasteiger partial charge on any atom is 0.240 e. The van der Waals surface area contributed by atoms with Crippen LogP contribution in [-0.4, -0.2) is 40.4 Å². The van der Waals surface area contributed by atoms with E-state index in [2.05, 4.69) is 0 Å². The highest BCUT2D eigenvalue weighted by molar-refractivity contribution is 6.25. The molecule has 182 valence electrons. The fraction of sp³-hybridized carbons (Fsp3) is 0.161. The van der Waals surface area contributed by atoms with Gasteiger partial charge in [0.15, 0.2) is 11.6 Å². The predicted molar refractivity (Wildman–Crippen MR) is 139 cm³/mol. The van der Waals surface area contributed by atoms with Crippen molar-refractivity contribution in [3.05, 3.63) is 126 Å². The second-order valence-corrected chi connectivity index (χ2v) is 9.64. The topological polar surface area (TPSA) is 74.8 Å². The summed E-state index contributed by atoms with van der Waals surface area (Å²) in [5.74, 6) is -2.77. The Morgan fingerprint density at radius 3 is 1.97 bits per heavy atom. The van der Waals surface area contributed by atoms with Gasteiger partial charge in [-0.3, -0.25) is 19.2 Å². The number of benzene rings is 3. The molecule has 0 unspecified atom stereocenters. The summed E-state index contributed by atoms with van der Waals surface area (Å²) in [6.45, 7) is 1.93. The molecule has 2 saturated heterocycles. The number of aryl methyl sites for hydroxylation is 1. The monoisotopic (exact) mass is 488 g/mol. The number of rotatable bonds is 5. The molecule has 37 heavy (non-hydrogen) atoms. The molecule has 0 aliphatic carbocycles. The molecule has 0 N–H and O–H groups in total. The number of fused-ring (bicyclic) bond motifs is 3. The number of hydrogen-bond donors (Lipinski definition) is 0. The van der Waals surface area contributed by atoms with Crippen molar-refractivity contribution in [1.82, 2.24) is 4.90 Å². The molecule has 0 spiro atoms. The highest BCUT2D eigenvalue weighted by Crippen LogP contribution is 2.47. The fourth-order valence-corrected chi connectivity index (χ4v) is 5.68. The van der Waals surface area contributed by atoms with Crippen molar-refractivity contribution in [2.45, 2.75) is 19.0 Å². The normalized spacial score (nSPS) is 24.1. The third-order valence-corrected chi connectivity index (χ3v) is 7.47. The quantitative estimate of drug-likeness (QED) is 0.394. The summed E-state index contributed by atoms with van der Waals surface area (Å²) in [5, 5.41) is 0. The average Bonchev–Trinajstić information content (AvgIpc) is 3.41. The van der Waals surface area contributed by atoms with Crippen LogP contribution in [0.4, 0.5) is 5.69 Å². The highest BCUT2D eigenvalue weighted by Gasteiger charge is 2.63. The Hall–Kier alpha value is -4.58. The van der Waals surface area contributed by atoms with Gasteiger partial charge in [-0.15, -0.1) is 0 Å². The third kappa shape index (κ3) is 3.64. The van der Waals surface area contributed by atoms with E-state index in [0.717, 1.165) is 5.56 Å². The first kappa shape index (κ1) is 22.9. The van der Waals surface area contributed by atoms with Crippen LogP contribution in [0, 0.1) is 18.8 Å². The van der Waals surface area contributed by atoms with Gasteiger partial charge in [0.2, 0.25) is 11.8 Å². The minimum absolute atomic E-state index is 0.168. The molecular formula is C31H24N2O4. The number of hydrogen-bond acceptors (Lipinski definition) is 5. The molecule has 3 heterocycles. The number of amides is 2. The number of carbonyl (C=O) groups is 4. The van der Waals surface area contributed by atoms with Crippen molar-refractivity contribution >= 4 is 29.1 Å². The van der Waals surface area contributed by atoms with Gasteiger partial charge in [0.25, 0.3) is 0 Å². The zero-order valence-corrected chi connectivity index (χ0v) is 20.2. The molecule has 3 aromatic rings. The second-order valence-electron chi connectivity index (χ2n) is 9.64. The first-order valence-corrected chi connectivity index (χ1v) is 12.3. The van der Waals surface area contributed by atoms with Crippen molar-refractivity contribution in [3.63, 3.8) is 0 Å². The Morgan fingerprint density at radius 2 is 1.32 bits per heavy atom. The molecule has 6 rings (SSSR count). The van der Waals surface area contributed by atoms with Gasteiger partial charge in [0.05, 0.1) is 23.6 Å². The highest BCUT2D eigenvalue weighted by atomic mass is 16.2. The molecule has 0 radical (unpaired) electrons. The van der Waals surface area contributed by atoms with E-state index < -0.39 is 23.9 Å². The Bertz CT molecular complexity index is 1470. The molecule has 4 atom stereocenters. The molecule has 6 heteroatoms. The van der Waals surface area contributed by atoms with E-state index in [1.165, 1.54) is 4.90 Å². The largest absolute Gasteiger partial charge is 0.359 e. The van der Waals surface area contributed by atoms with E-state index in [-0.39, 0.29) is 23.4 Å². The number of nitrogens with zero attached hydrogens (tertiary/aromatic N) is 2. The zero-order chi connectivity index (χ0) is 25.7. The van der Waals surface area contributed by atoms with E-state index >= 15 is 0 Å². The lowest BCUT2D eigenvalue weighted by Gasteiger charge is -2.32. The SMILES string of the molecule is Cc1ccc(N2C(=O)[C@@H]3[C@H](C2=O)[C@H]2C=C(C(=O)c4ccccc4)C=CN2[C@H]3C(=O)c2ccccc2)cc1. The predicted octanol–water partition coefficient (Wildman–Crippen LogP) is 4.37. The number of imide groups is 1. The molecular weight excluding hydrogens is 464 g/mol. The van der Waals surface area contributed by atoms with Gasteiger partial charge in [0, 0.05) is 22.9 Å². The standard InChI is InChI=1S/C31H24N2O4/c1-19-12-14-23(15-13-19)33-30(36)25-24-18-22(28(34)20-8-4-2-5-9-20)16-17-32(24)27(26(25)31(33)37)29(35)21-10-6-3-7-11-21/h2-18,24-27H,1H3/t24-,25-,26-,27-/m1/s1. The van der Waals surface area contributed by atoms with Gasteiger partial charge >= 0.3 is 0 Å². The summed E-state index contributed by atoms with van der Waals surface area (Å²) < 4.78 is 0. The third-order valence-electron chi connectivity index (χ3n) is 7.47. The van der Waals surface area contributed by atoms with Crippen molar-refractivity contribution in [2.75, 3.05) is 4.90 Å². The van der Waals surface area contributed by atoms with Crippen molar-refractivity contribution in [2.24, 2.45) is 11.8 Å². The van der Waals surface area contributed by atoms with Crippen LogP contribution < -0.4 is 4.90 Å². The zero-order valence-electron chi connectivity index (χ0n) is 20.2. The molecule has 0 saturated carbocycles. The first-order chi connectivity index (χ1) is 18.0. The van der Waals surface area contributed by atoms with E-state index in [0.29, 0.717) is 22.4 Å². The van der Waals surface area contributed by atoms with Crippen LogP contribution in [0.15, 0.2) is 109 Å². The van der Waals surface area contributed by atoms with E-state index in [9.17, 15) is 19.2 Å². The molecule has 2 amide bonds. The summed E-state index contributed by atoms with van der Waals surface area (Å²) in [7, 11) is 0. The Kier molecular flexibility index (Phi) is 5.45. The van der Waals surface area contributed by atoms with Gasteiger partial charge in [-0.05, 0) is 25.1 Å². The summed E-state index contributed by atoms with van der Waals surface area (Å²) >= 11 is 0. The van der Waals surface area contributed by atoms with Crippen molar-refractivity contribution in [3.8, 4) is 0 Å². The lowest BCUT2D eigenvalue weighted by Crippen LogP contribution is -2.46. The number of ketones is 2.